The lowest BCUT2D eigenvalue weighted by Gasteiger charge is -2.09. The van der Waals surface area contributed by atoms with Crippen LogP contribution in [-0.2, 0) is 6.42 Å². The number of hydrogen-bond acceptors (Lipinski definition) is 4. The third-order valence-electron chi connectivity index (χ3n) is 5.04. The Labute approximate surface area is 196 Å². The Kier molecular flexibility index (Phi) is 6.39. The fourth-order valence-electron chi connectivity index (χ4n) is 3.33. The highest BCUT2D eigenvalue weighted by atomic mass is 35.5. The van der Waals surface area contributed by atoms with Gasteiger partial charge in [-0.25, -0.2) is 0 Å². The number of carbonyl (C=O) groups is 1. The van der Waals surface area contributed by atoms with Gasteiger partial charge >= 0.3 is 0 Å². The molecule has 2 heterocycles. The highest BCUT2D eigenvalue weighted by Crippen LogP contribution is 2.25. The van der Waals surface area contributed by atoms with Gasteiger partial charge in [0.15, 0.2) is 10.9 Å². The van der Waals surface area contributed by atoms with Crippen LogP contribution in [0, 0.1) is 13.8 Å². The lowest BCUT2D eigenvalue weighted by atomic mass is 10.0. The highest BCUT2D eigenvalue weighted by Gasteiger charge is 2.14. The van der Waals surface area contributed by atoms with Gasteiger partial charge in [0.2, 0.25) is 0 Å². The predicted octanol–water partition coefficient (Wildman–Crippen LogP) is 5.66. The fourth-order valence-corrected chi connectivity index (χ4v) is 3.73. The molecule has 6 nitrogen and oxygen atoms in total. The van der Waals surface area contributed by atoms with E-state index in [1.165, 1.54) is 5.56 Å². The molecule has 0 bridgehead atoms. The minimum atomic E-state index is -0.432. The largest absolute Gasteiger partial charge is 0.451 e. The summed E-state index contributed by atoms with van der Waals surface area (Å²) in [5.41, 5.74) is 6.00. The number of benzene rings is 2. The van der Waals surface area contributed by atoms with Crippen LogP contribution in [0.4, 0.5) is 5.69 Å². The SMILES string of the molecule is Cc1n[nH]c(C)c1Cc1ccc(NC(=S)NC(=O)c2ccc(-c3cccc(Cl)c3)o2)cc1. The van der Waals surface area contributed by atoms with Crippen LogP contribution in [0.5, 0.6) is 0 Å². The van der Waals surface area contributed by atoms with Gasteiger partial charge in [0.25, 0.3) is 5.91 Å². The zero-order valence-corrected chi connectivity index (χ0v) is 19.1. The third kappa shape index (κ3) is 5.07. The van der Waals surface area contributed by atoms with E-state index in [9.17, 15) is 4.79 Å². The number of furan rings is 1. The van der Waals surface area contributed by atoms with Crippen LogP contribution in [0.25, 0.3) is 11.3 Å². The summed E-state index contributed by atoms with van der Waals surface area (Å²) in [6.45, 7) is 4.01. The molecular formula is C24H21ClN4O2S. The molecule has 32 heavy (non-hydrogen) atoms. The first-order valence-corrected chi connectivity index (χ1v) is 10.7. The minimum absolute atomic E-state index is 0.158. The molecule has 0 aliphatic rings. The van der Waals surface area contributed by atoms with E-state index in [2.05, 4.69) is 20.8 Å². The molecule has 0 fully saturated rings. The van der Waals surface area contributed by atoms with Crippen molar-refractivity contribution in [1.29, 1.82) is 0 Å². The topological polar surface area (TPSA) is 83.0 Å². The Morgan fingerprint density at radius 3 is 2.59 bits per heavy atom. The van der Waals surface area contributed by atoms with E-state index in [0.29, 0.717) is 10.8 Å². The molecule has 1 amide bonds. The van der Waals surface area contributed by atoms with E-state index >= 15 is 0 Å². The molecule has 0 spiro atoms. The zero-order chi connectivity index (χ0) is 22.7. The summed E-state index contributed by atoms with van der Waals surface area (Å²) in [6.07, 6.45) is 0.795. The quantitative estimate of drug-likeness (QED) is 0.332. The van der Waals surface area contributed by atoms with Crippen molar-refractivity contribution in [2.24, 2.45) is 0 Å². The van der Waals surface area contributed by atoms with Gasteiger partial charge in [0.05, 0.1) is 5.69 Å². The van der Waals surface area contributed by atoms with Crippen molar-refractivity contribution in [3.8, 4) is 11.3 Å². The maximum absolute atomic E-state index is 12.5. The molecule has 2 aromatic carbocycles. The van der Waals surface area contributed by atoms with Crippen molar-refractivity contribution >= 4 is 40.5 Å². The number of thiocarbonyl (C=S) groups is 1. The number of H-pyrrole nitrogens is 1. The van der Waals surface area contributed by atoms with Crippen LogP contribution in [0.2, 0.25) is 5.02 Å². The second-order valence-electron chi connectivity index (χ2n) is 7.37. The molecule has 0 unspecified atom stereocenters. The molecule has 0 atom stereocenters. The van der Waals surface area contributed by atoms with E-state index in [1.54, 1.807) is 24.3 Å². The van der Waals surface area contributed by atoms with Crippen molar-refractivity contribution in [1.82, 2.24) is 15.5 Å². The number of aromatic nitrogens is 2. The number of aromatic amines is 1. The monoisotopic (exact) mass is 464 g/mol. The first-order valence-electron chi connectivity index (χ1n) is 9.96. The van der Waals surface area contributed by atoms with Gasteiger partial charge in [-0.15, -0.1) is 0 Å². The molecule has 0 saturated heterocycles. The number of hydrogen-bond donors (Lipinski definition) is 3. The van der Waals surface area contributed by atoms with Crippen LogP contribution in [0.3, 0.4) is 0 Å². The summed E-state index contributed by atoms with van der Waals surface area (Å²) in [5.74, 6) is 0.277. The molecule has 162 valence electrons. The van der Waals surface area contributed by atoms with Crippen molar-refractivity contribution in [3.05, 3.63) is 94.0 Å². The van der Waals surface area contributed by atoms with Crippen LogP contribution in [0.15, 0.2) is 65.1 Å². The molecule has 4 rings (SSSR count). The van der Waals surface area contributed by atoms with E-state index < -0.39 is 5.91 Å². The number of rotatable bonds is 5. The molecule has 0 radical (unpaired) electrons. The number of anilines is 1. The molecular weight excluding hydrogens is 444 g/mol. The Balaban J connectivity index is 1.35. The predicted molar refractivity (Wildman–Crippen MR) is 130 cm³/mol. The van der Waals surface area contributed by atoms with Gasteiger partial charge in [0.1, 0.15) is 5.76 Å². The Bertz CT molecular complexity index is 1260. The number of amides is 1. The van der Waals surface area contributed by atoms with Crippen molar-refractivity contribution in [3.63, 3.8) is 0 Å². The van der Waals surface area contributed by atoms with Gasteiger partial charge in [-0.2, -0.15) is 5.10 Å². The Hall–Kier alpha value is -3.42. The minimum Gasteiger partial charge on any atom is -0.451 e. The second kappa shape index (κ2) is 9.38. The summed E-state index contributed by atoms with van der Waals surface area (Å²) in [7, 11) is 0. The van der Waals surface area contributed by atoms with Gasteiger partial charge in [-0.3, -0.25) is 15.2 Å². The average molecular weight is 465 g/mol. The standard InChI is InChI=1S/C24H21ClN4O2S/c1-14-20(15(2)29-28-14)12-16-6-8-19(9-7-16)26-24(32)27-23(30)22-11-10-21(31-22)17-4-3-5-18(25)13-17/h3-11,13H,12H2,1-2H3,(H,28,29)(H2,26,27,30,32). The summed E-state index contributed by atoms with van der Waals surface area (Å²) in [5, 5.41) is 13.7. The molecule has 8 heteroatoms. The number of nitrogens with zero attached hydrogens (tertiary/aromatic N) is 1. The normalized spacial score (nSPS) is 10.7. The lowest BCUT2D eigenvalue weighted by molar-refractivity contribution is 0.0951. The molecule has 0 saturated carbocycles. The first-order chi connectivity index (χ1) is 15.4. The second-order valence-corrected chi connectivity index (χ2v) is 8.21. The van der Waals surface area contributed by atoms with Crippen molar-refractivity contribution in [2.75, 3.05) is 5.32 Å². The van der Waals surface area contributed by atoms with Crippen LogP contribution >= 0.6 is 23.8 Å². The van der Waals surface area contributed by atoms with E-state index in [4.69, 9.17) is 28.2 Å². The van der Waals surface area contributed by atoms with Crippen LogP contribution < -0.4 is 10.6 Å². The van der Waals surface area contributed by atoms with Gasteiger partial charge in [-0.1, -0.05) is 35.9 Å². The molecule has 0 aliphatic heterocycles. The molecule has 4 aromatic rings. The number of carbonyl (C=O) groups excluding carboxylic acids is 1. The van der Waals surface area contributed by atoms with Crippen LogP contribution in [0.1, 0.15) is 33.1 Å². The van der Waals surface area contributed by atoms with Gasteiger partial charge in [-0.05, 0) is 68.0 Å². The molecule has 0 aliphatic carbocycles. The maximum atomic E-state index is 12.5. The number of aryl methyl sites for hydroxylation is 2. The maximum Gasteiger partial charge on any atom is 0.293 e. The van der Waals surface area contributed by atoms with E-state index in [1.807, 2.05) is 50.2 Å². The van der Waals surface area contributed by atoms with E-state index in [-0.39, 0.29) is 10.9 Å². The number of nitrogens with one attached hydrogen (secondary N) is 3. The summed E-state index contributed by atoms with van der Waals surface area (Å²) in [4.78, 5) is 12.5. The zero-order valence-electron chi connectivity index (χ0n) is 17.5. The summed E-state index contributed by atoms with van der Waals surface area (Å²) in [6, 6.07) is 18.4. The summed E-state index contributed by atoms with van der Waals surface area (Å²) >= 11 is 11.3. The fraction of sp³-hybridized carbons (Fsp3) is 0.125. The first kappa shape index (κ1) is 21.8. The van der Waals surface area contributed by atoms with Crippen molar-refractivity contribution < 1.29 is 9.21 Å². The van der Waals surface area contributed by atoms with Crippen LogP contribution in [-0.4, -0.2) is 21.2 Å². The van der Waals surface area contributed by atoms with Gasteiger partial charge < -0.3 is 9.73 Å². The molecule has 3 N–H and O–H groups in total. The highest BCUT2D eigenvalue weighted by molar-refractivity contribution is 7.80. The Morgan fingerprint density at radius 1 is 1.12 bits per heavy atom. The summed E-state index contributed by atoms with van der Waals surface area (Å²) < 4.78 is 5.66. The van der Waals surface area contributed by atoms with E-state index in [0.717, 1.165) is 34.6 Å². The smallest absolute Gasteiger partial charge is 0.293 e. The van der Waals surface area contributed by atoms with Crippen molar-refractivity contribution in [2.45, 2.75) is 20.3 Å². The van der Waals surface area contributed by atoms with Gasteiger partial charge in [0, 0.05) is 34.0 Å². The average Bonchev–Trinajstić information content (AvgIpc) is 3.38. The molecule has 2 aromatic heterocycles. The number of halogens is 1. The lowest BCUT2D eigenvalue weighted by Crippen LogP contribution is -2.33. The third-order valence-corrected chi connectivity index (χ3v) is 5.48. The Morgan fingerprint density at radius 2 is 1.91 bits per heavy atom.